The molecule has 0 amide bonds. The SMILES string of the molecule is COc1ccc(-n2c(-c3ccc(F)cc3)nc3cc(NS(=O)(=O)c4ccc(Cl)cc4)c(OCCCCCC(=O)O)cc32)cc1. The van der Waals surface area contributed by atoms with E-state index in [1.807, 2.05) is 16.7 Å². The van der Waals surface area contributed by atoms with Crippen LogP contribution in [0.2, 0.25) is 5.02 Å². The van der Waals surface area contributed by atoms with Gasteiger partial charge < -0.3 is 14.6 Å². The molecule has 0 bridgehead atoms. The van der Waals surface area contributed by atoms with E-state index in [0.717, 1.165) is 5.69 Å². The maximum atomic E-state index is 13.8. The third kappa shape index (κ3) is 7.12. The first-order valence-corrected chi connectivity index (χ1v) is 15.6. The second-order valence-electron chi connectivity index (χ2n) is 9.93. The molecule has 2 N–H and O–H groups in total. The smallest absolute Gasteiger partial charge is 0.303 e. The summed E-state index contributed by atoms with van der Waals surface area (Å²) in [5.74, 6) is 0.168. The standard InChI is InChI=1S/C32H29ClFN3O6S/c1-42-25-14-12-24(13-15-25)37-29-20-30(43-18-4-2-3-5-31(38)39)28(36-44(40,41)26-16-8-22(33)9-17-26)19-27(29)35-32(37)21-6-10-23(34)11-7-21/h6-17,19-20,36H,2-5,18H2,1H3,(H,38,39). The van der Waals surface area contributed by atoms with Crippen molar-refractivity contribution in [1.29, 1.82) is 0 Å². The number of unbranched alkanes of at least 4 members (excludes halogenated alkanes) is 2. The number of halogens is 2. The van der Waals surface area contributed by atoms with Gasteiger partial charge in [0.1, 0.15) is 23.1 Å². The number of carboxylic acids is 1. The molecule has 0 fully saturated rings. The Morgan fingerprint density at radius 3 is 2.34 bits per heavy atom. The Balaban J connectivity index is 1.61. The van der Waals surface area contributed by atoms with E-state index in [4.69, 9.17) is 31.2 Å². The minimum absolute atomic E-state index is 0.0115. The van der Waals surface area contributed by atoms with Gasteiger partial charge in [-0.2, -0.15) is 0 Å². The maximum absolute atomic E-state index is 13.8. The van der Waals surface area contributed by atoms with E-state index in [0.29, 0.717) is 52.5 Å². The Labute approximate surface area is 258 Å². The van der Waals surface area contributed by atoms with Gasteiger partial charge in [0.2, 0.25) is 0 Å². The number of carboxylic acid groups (broad SMARTS) is 1. The summed E-state index contributed by atoms with van der Waals surface area (Å²) in [6.45, 7) is 0.224. The van der Waals surface area contributed by atoms with Crippen molar-refractivity contribution >= 4 is 44.3 Å². The van der Waals surface area contributed by atoms with E-state index in [-0.39, 0.29) is 29.4 Å². The topological polar surface area (TPSA) is 120 Å². The van der Waals surface area contributed by atoms with E-state index in [9.17, 15) is 17.6 Å². The van der Waals surface area contributed by atoms with Gasteiger partial charge in [0, 0.05) is 28.8 Å². The molecule has 12 heteroatoms. The van der Waals surface area contributed by atoms with Gasteiger partial charge in [0.15, 0.2) is 0 Å². The molecule has 5 rings (SSSR count). The predicted octanol–water partition coefficient (Wildman–Crippen LogP) is 7.32. The highest BCUT2D eigenvalue weighted by atomic mass is 35.5. The summed E-state index contributed by atoms with van der Waals surface area (Å²) in [4.78, 5) is 15.7. The zero-order valence-electron chi connectivity index (χ0n) is 23.7. The van der Waals surface area contributed by atoms with Gasteiger partial charge in [0.25, 0.3) is 10.0 Å². The molecular formula is C32H29ClFN3O6S. The second kappa shape index (κ2) is 13.4. The number of anilines is 1. The molecule has 1 aromatic heterocycles. The molecule has 0 aliphatic rings. The Kier molecular flexibility index (Phi) is 9.36. The van der Waals surface area contributed by atoms with Crippen LogP contribution in [0.5, 0.6) is 11.5 Å². The number of sulfonamides is 1. The number of ether oxygens (including phenoxy) is 2. The number of fused-ring (bicyclic) bond motifs is 1. The zero-order chi connectivity index (χ0) is 31.3. The molecule has 0 unspecified atom stereocenters. The first kappa shape index (κ1) is 30.8. The fraction of sp³-hybridized carbons (Fsp3) is 0.188. The summed E-state index contributed by atoms with van der Waals surface area (Å²) in [7, 11) is -2.46. The fourth-order valence-corrected chi connectivity index (χ4v) is 5.83. The van der Waals surface area contributed by atoms with Crippen molar-refractivity contribution in [3.8, 4) is 28.6 Å². The molecule has 0 saturated carbocycles. The highest BCUT2D eigenvalue weighted by Gasteiger charge is 2.22. The summed E-state index contributed by atoms with van der Waals surface area (Å²) in [5.41, 5.74) is 2.62. The number of carbonyl (C=O) groups is 1. The van der Waals surface area contributed by atoms with Gasteiger partial charge in [-0.3, -0.25) is 14.1 Å². The minimum atomic E-state index is -4.03. The van der Waals surface area contributed by atoms with Crippen molar-refractivity contribution in [2.75, 3.05) is 18.4 Å². The van der Waals surface area contributed by atoms with Crippen LogP contribution < -0.4 is 14.2 Å². The van der Waals surface area contributed by atoms with Crippen LogP contribution in [-0.2, 0) is 14.8 Å². The maximum Gasteiger partial charge on any atom is 0.303 e. The average molecular weight is 638 g/mol. The molecular weight excluding hydrogens is 609 g/mol. The zero-order valence-corrected chi connectivity index (χ0v) is 25.2. The first-order valence-electron chi connectivity index (χ1n) is 13.7. The number of aliphatic carboxylic acids is 1. The first-order chi connectivity index (χ1) is 21.1. The highest BCUT2D eigenvalue weighted by Crippen LogP contribution is 2.37. The Morgan fingerprint density at radius 1 is 0.977 bits per heavy atom. The number of hydrogen-bond acceptors (Lipinski definition) is 6. The second-order valence-corrected chi connectivity index (χ2v) is 12.0. The van der Waals surface area contributed by atoms with Crippen LogP contribution in [0.15, 0.2) is 89.8 Å². The number of hydrogen-bond donors (Lipinski definition) is 2. The molecule has 0 aliphatic carbocycles. The van der Waals surface area contributed by atoms with E-state index < -0.39 is 21.8 Å². The normalized spacial score (nSPS) is 11.4. The number of benzene rings is 4. The van der Waals surface area contributed by atoms with Crippen LogP contribution in [-0.4, -0.2) is 42.8 Å². The number of rotatable bonds is 13. The van der Waals surface area contributed by atoms with Crippen molar-refractivity contribution in [3.63, 3.8) is 0 Å². The fourth-order valence-electron chi connectivity index (χ4n) is 4.64. The van der Waals surface area contributed by atoms with Gasteiger partial charge in [0.05, 0.1) is 35.3 Å². The lowest BCUT2D eigenvalue weighted by Gasteiger charge is -2.15. The number of nitrogens with zero attached hydrogens (tertiary/aromatic N) is 2. The number of imidazole rings is 1. The third-order valence-corrected chi connectivity index (χ3v) is 8.48. The van der Waals surface area contributed by atoms with Gasteiger partial charge in [-0.05, 0) is 98.1 Å². The van der Waals surface area contributed by atoms with Gasteiger partial charge >= 0.3 is 5.97 Å². The summed E-state index contributed by atoms with van der Waals surface area (Å²) in [6.07, 6.45) is 1.75. The minimum Gasteiger partial charge on any atom is -0.497 e. The van der Waals surface area contributed by atoms with Gasteiger partial charge in [-0.1, -0.05) is 11.6 Å². The molecule has 5 aromatic rings. The van der Waals surface area contributed by atoms with Crippen LogP contribution in [0.1, 0.15) is 25.7 Å². The lowest BCUT2D eigenvalue weighted by atomic mass is 10.2. The lowest BCUT2D eigenvalue weighted by Crippen LogP contribution is -2.14. The average Bonchev–Trinajstić information content (AvgIpc) is 3.37. The van der Waals surface area contributed by atoms with Crippen molar-refractivity contribution in [3.05, 3.63) is 95.8 Å². The summed E-state index contributed by atoms with van der Waals surface area (Å²) >= 11 is 5.96. The highest BCUT2D eigenvalue weighted by molar-refractivity contribution is 7.92. The lowest BCUT2D eigenvalue weighted by molar-refractivity contribution is -0.137. The Hall–Kier alpha value is -4.61. The van der Waals surface area contributed by atoms with Crippen molar-refractivity contribution < 1.29 is 32.2 Å². The summed E-state index contributed by atoms with van der Waals surface area (Å²) < 4.78 is 56.4. The largest absolute Gasteiger partial charge is 0.497 e. The molecule has 9 nitrogen and oxygen atoms in total. The summed E-state index contributed by atoms with van der Waals surface area (Å²) in [6, 6.07) is 22.3. The molecule has 1 heterocycles. The molecule has 0 spiro atoms. The Morgan fingerprint density at radius 2 is 1.68 bits per heavy atom. The van der Waals surface area contributed by atoms with Crippen molar-refractivity contribution in [1.82, 2.24) is 9.55 Å². The number of aromatic nitrogens is 2. The molecule has 228 valence electrons. The quantitative estimate of drug-likeness (QED) is 0.130. The molecule has 0 radical (unpaired) electrons. The van der Waals surface area contributed by atoms with Crippen LogP contribution >= 0.6 is 11.6 Å². The Bertz CT molecular complexity index is 1880. The third-order valence-electron chi connectivity index (χ3n) is 6.85. The van der Waals surface area contributed by atoms with Crippen LogP contribution in [0.25, 0.3) is 28.1 Å². The predicted molar refractivity (Wildman–Crippen MR) is 167 cm³/mol. The van der Waals surface area contributed by atoms with Gasteiger partial charge in [-0.25, -0.2) is 17.8 Å². The number of methoxy groups -OCH3 is 1. The van der Waals surface area contributed by atoms with E-state index in [2.05, 4.69) is 4.72 Å². The van der Waals surface area contributed by atoms with Crippen molar-refractivity contribution in [2.45, 2.75) is 30.6 Å². The molecule has 4 aromatic carbocycles. The van der Waals surface area contributed by atoms with E-state index in [1.54, 1.807) is 43.5 Å². The van der Waals surface area contributed by atoms with Gasteiger partial charge in [-0.15, -0.1) is 0 Å². The molecule has 0 aliphatic heterocycles. The number of nitrogens with one attached hydrogen (secondary N) is 1. The van der Waals surface area contributed by atoms with Crippen LogP contribution in [0.3, 0.4) is 0 Å². The van der Waals surface area contributed by atoms with Crippen molar-refractivity contribution in [2.24, 2.45) is 0 Å². The monoisotopic (exact) mass is 637 g/mol. The molecule has 44 heavy (non-hydrogen) atoms. The summed E-state index contributed by atoms with van der Waals surface area (Å²) in [5, 5.41) is 9.31. The molecule has 0 saturated heterocycles. The van der Waals surface area contributed by atoms with E-state index >= 15 is 0 Å². The van der Waals surface area contributed by atoms with Crippen LogP contribution in [0.4, 0.5) is 10.1 Å². The van der Waals surface area contributed by atoms with Crippen LogP contribution in [0, 0.1) is 5.82 Å². The van der Waals surface area contributed by atoms with E-state index in [1.165, 1.54) is 36.4 Å². The molecule has 0 atom stereocenters.